The first-order valence-electron chi connectivity index (χ1n) is 7.71. The summed E-state index contributed by atoms with van der Waals surface area (Å²) < 4.78 is 5.84. The van der Waals surface area contributed by atoms with Gasteiger partial charge in [0.05, 0.1) is 6.10 Å². The molecule has 0 saturated carbocycles. The van der Waals surface area contributed by atoms with Gasteiger partial charge in [-0.15, -0.1) is 0 Å². The van der Waals surface area contributed by atoms with Crippen molar-refractivity contribution in [1.29, 1.82) is 0 Å². The maximum atomic E-state index is 5.84. The lowest BCUT2D eigenvalue weighted by Gasteiger charge is -2.25. The molecule has 0 radical (unpaired) electrons. The average molecular weight is 261 g/mol. The Morgan fingerprint density at radius 2 is 2.26 bits per heavy atom. The Bertz CT molecular complexity index is 371. The number of ether oxygens (including phenoxy) is 1. The van der Waals surface area contributed by atoms with Crippen molar-refractivity contribution >= 4 is 0 Å². The van der Waals surface area contributed by atoms with Crippen molar-refractivity contribution in [3.63, 3.8) is 0 Å². The van der Waals surface area contributed by atoms with Gasteiger partial charge in [0, 0.05) is 12.6 Å². The molecular weight excluding hydrogens is 234 g/mol. The molecule has 2 unspecified atom stereocenters. The summed E-state index contributed by atoms with van der Waals surface area (Å²) in [6.45, 7) is 6.32. The van der Waals surface area contributed by atoms with E-state index in [1.54, 1.807) is 0 Å². The minimum absolute atomic E-state index is 0.468. The normalized spacial score (nSPS) is 21.3. The summed E-state index contributed by atoms with van der Waals surface area (Å²) in [5.41, 5.74) is 2.76. The standard InChI is InChI=1S/C17H27NO/c1-3-18-17(15-8-6-7-14(2)13-15)11-10-16-9-4-5-12-19-16/h6-8,13,16-18H,3-5,9-12H2,1-2H3. The van der Waals surface area contributed by atoms with Crippen molar-refractivity contribution in [3.05, 3.63) is 35.4 Å². The van der Waals surface area contributed by atoms with Crippen molar-refractivity contribution in [1.82, 2.24) is 5.32 Å². The van der Waals surface area contributed by atoms with Gasteiger partial charge >= 0.3 is 0 Å². The fourth-order valence-corrected chi connectivity index (χ4v) is 2.91. The molecule has 2 rings (SSSR count). The predicted octanol–water partition coefficient (Wildman–Crippen LogP) is 3.99. The Labute approximate surface area is 117 Å². The zero-order valence-electron chi connectivity index (χ0n) is 12.3. The fraction of sp³-hybridized carbons (Fsp3) is 0.647. The van der Waals surface area contributed by atoms with Crippen molar-refractivity contribution in [2.24, 2.45) is 0 Å². The monoisotopic (exact) mass is 261 g/mol. The zero-order chi connectivity index (χ0) is 13.5. The van der Waals surface area contributed by atoms with Gasteiger partial charge in [-0.1, -0.05) is 36.8 Å². The largest absolute Gasteiger partial charge is 0.378 e. The first-order valence-corrected chi connectivity index (χ1v) is 7.71. The van der Waals surface area contributed by atoms with E-state index in [-0.39, 0.29) is 0 Å². The van der Waals surface area contributed by atoms with Crippen molar-refractivity contribution in [3.8, 4) is 0 Å². The highest BCUT2D eigenvalue weighted by atomic mass is 16.5. The summed E-state index contributed by atoms with van der Waals surface area (Å²) in [4.78, 5) is 0. The molecule has 0 aliphatic carbocycles. The van der Waals surface area contributed by atoms with Crippen LogP contribution < -0.4 is 5.32 Å². The molecule has 1 saturated heterocycles. The first-order chi connectivity index (χ1) is 9.29. The lowest BCUT2D eigenvalue weighted by atomic mass is 9.96. The molecule has 106 valence electrons. The Kier molecular flexibility index (Phi) is 5.87. The smallest absolute Gasteiger partial charge is 0.0575 e. The molecule has 2 heteroatoms. The van der Waals surface area contributed by atoms with Crippen LogP contribution in [0.15, 0.2) is 24.3 Å². The average Bonchev–Trinajstić information content (AvgIpc) is 2.44. The molecule has 19 heavy (non-hydrogen) atoms. The Hall–Kier alpha value is -0.860. The summed E-state index contributed by atoms with van der Waals surface area (Å²) in [6, 6.07) is 9.33. The van der Waals surface area contributed by atoms with E-state index in [9.17, 15) is 0 Å². The van der Waals surface area contributed by atoms with E-state index in [0.29, 0.717) is 12.1 Å². The maximum absolute atomic E-state index is 5.84. The van der Waals surface area contributed by atoms with E-state index in [1.165, 1.54) is 43.2 Å². The molecule has 2 nitrogen and oxygen atoms in total. The summed E-state index contributed by atoms with van der Waals surface area (Å²) in [5, 5.41) is 3.61. The molecule has 0 aromatic heterocycles. The van der Waals surface area contributed by atoms with Crippen molar-refractivity contribution in [2.45, 2.75) is 58.1 Å². The molecule has 0 amide bonds. The van der Waals surface area contributed by atoms with Crippen LogP contribution in [0.25, 0.3) is 0 Å². The molecule has 1 heterocycles. The molecule has 1 fully saturated rings. The van der Waals surface area contributed by atoms with Crippen LogP contribution in [-0.4, -0.2) is 19.3 Å². The topological polar surface area (TPSA) is 21.3 Å². The molecule has 1 aromatic carbocycles. The van der Waals surface area contributed by atoms with Gasteiger partial charge in [-0.2, -0.15) is 0 Å². The summed E-state index contributed by atoms with van der Waals surface area (Å²) in [7, 11) is 0. The van der Waals surface area contributed by atoms with Gasteiger partial charge in [0.25, 0.3) is 0 Å². The first kappa shape index (κ1) is 14.5. The van der Waals surface area contributed by atoms with E-state index in [1.807, 2.05) is 0 Å². The van der Waals surface area contributed by atoms with E-state index >= 15 is 0 Å². The van der Waals surface area contributed by atoms with Gasteiger partial charge in [-0.25, -0.2) is 0 Å². The highest BCUT2D eigenvalue weighted by Gasteiger charge is 2.17. The quantitative estimate of drug-likeness (QED) is 0.836. The van der Waals surface area contributed by atoms with Gasteiger partial charge in [0.2, 0.25) is 0 Å². The van der Waals surface area contributed by atoms with Crippen LogP contribution in [0.5, 0.6) is 0 Å². The van der Waals surface area contributed by atoms with Crippen LogP contribution in [0.4, 0.5) is 0 Å². The highest BCUT2D eigenvalue weighted by Crippen LogP contribution is 2.24. The molecule has 2 atom stereocenters. The number of aryl methyl sites for hydroxylation is 1. The minimum Gasteiger partial charge on any atom is -0.378 e. The van der Waals surface area contributed by atoms with Crippen LogP contribution in [0.2, 0.25) is 0 Å². The van der Waals surface area contributed by atoms with Crippen molar-refractivity contribution < 1.29 is 4.74 Å². The van der Waals surface area contributed by atoms with Crippen LogP contribution in [0.1, 0.15) is 56.2 Å². The third-order valence-corrected chi connectivity index (χ3v) is 3.95. The van der Waals surface area contributed by atoms with Crippen LogP contribution in [0, 0.1) is 6.92 Å². The van der Waals surface area contributed by atoms with Crippen LogP contribution in [-0.2, 0) is 4.74 Å². The molecule has 0 bridgehead atoms. The second-order valence-corrected chi connectivity index (χ2v) is 5.59. The van der Waals surface area contributed by atoms with E-state index < -0.39 is 0 Å². The van der Waals surface area contributed by atoms with E-state index in [4.69, 9.17) is 4.74 Å². The van der Waals surface area contributed by atoms with E-state index in [0.717, 1.165) is 13.2 Å². The Morgan fingerprint density at radius 1 is 1.37 bits per heavy atom. The third kappa shape index (κ3) is 4.63. The molecular formula is C17H27NO. The number of nitrogens with one attached hydrogen (secondary N) is 1. The molecule has 1 N–H and O–H groups in total. The predicted molar refractivity (Wildman–Crippen MR) is 80.4 cm³/mol. The molecule has 1 aliphatic heterocycles. The Balaban J connectivity index is 1.91. The van der Waals surface area contributed by atoms with Gasteiger partial charge in [0.15, 0.2) is 0 Å². The number of rotatable bonds is 6. The van der Waals surface area contributed by atoms with Crippen LogP contribution in [0.3, 0.4) is 0 Å². The van der Waals surface area contributed by atoms with Gasteiger partial charge < -0.3 is 10.1 Å². The second kappa shape index (κ2) is 7.66. The van der Waals surface area contributed by atoms with E-state index in [2.05, 4.69) is 43.4 Å². The number of benzene rings is 1. The lowest BCUT2D eigenvalue weighted by Crippen LogP contribution is -2.25. The van der Waals surface area contributed by atoms with Gasteiger partial charge in [0.1, 0.15) is 0 Å². The van der Waals surface area contributed by atoms with Gasteiger partial charge in [-0.05, 0) is 51.1 Å². The maximum Gasteiger partial charge on any atom is 0.0575 e. The fourth-order valence-electron chi connectivity index (χ4n) is 2.91. The SMILES string of the molecule is CCNC(CCC1CCCCO1)c1cccc(C)c1. The summed E-state index contributed by atoms with van der Waals surface area (Å²) in [5.74, 6) is 0. The number of hydrogen-bond donors (Lipinski definition) is 1. The molecule has 1 aliphatic rings. The van der Waals surface area contributed by atoms with Gasteiger partial charge in [-0.3, -0.25) is 0 Å². The molecule has 1 aromatic rings. The lowest BCUT2D eigenvalue weighted by molar-refractivity contribution is 0.00856. The zero-order valence-corrected chi connectivity index (χ0v) is 12.3. The highest BCUT2D eigenvalue weighted by molar-refractivity contribution is 5.25. The third-order valence-electron chi connectivity index (χ3n) is 3.95. The summed E-state index contributed by atoms with van der Waals surface area (Å²) >= 11 is 0. The minimum atomic E-state index is 0.468. The number of hydrogen-bond acceptors (Lipinski definition) is 2. The molecule has 0 spiro atoms. The Morgan fingerprint density at radius 3 is 2.95 bits per heavy atom. The second-order valence-electron chi connectivity index (χ2n) is 5.59. The van der Waals surface area contributed by atoms with Crippen LogP contribution >= 0.6 is 0 Å². The van der Waals surface area contributed by atoms with Crippen molar-refractivity contribution in [2.75, 3.05) is 13.2 Å². The summed E-state index contributed by atoms with van der Waals surface area (Å²) in [6.07, 6.45) is 6.64.